The predicted octanol–water partition coefficient (Wildman–Crippen LogP) is 4.09. The van der Waals surface area contributed by atoms with Crippen LogP contribution in [0.25, 0.3) is 0 Å². The van der Waals surface area contributed by atoms with Gasteiger partial charge in [0.15, 0.2) is 0 Å². The molecule has 0 saturated carbocycles. The maximum Gasteiger partial charge on any atom is 0.408 e. The molecule has 1 amide bonds. The fourth-order valence-electron chi connectivity index (χ4n) is 5.09. The minimum Gasteiger partial charge on any atom is -0.465 e. The van der Waals surface area contributed by atoms with Crippen LogP contribution in [0.3, 0.4) is 0 Å². The second-order valence-electron chi connectivity index (χ2n) is 9.88. The Balaban J connectivity index is 1.63. The maximum absolute atomic E-state index is 14.7. The molecule has 3 atom stereocenters. The molecule has 0 unspecified atom stereocenters. The van der Waals surface area contributed by atoms with Gasteiger partial charge in [-0.25, -0.2) is 13.6 Å². The summed E-state index contributed by atoms with van der Waals surface area (Å²) < 4.78 is 42.4. The Morgan fingerprint density at radius 2 is 2.06 bits per heavy atom. The van der Waals surface area contributed by atoms with Gasteiger partial charge in [0.1, 0.15) is 17.7 Å². The minimum atomic E-state index is -1.13. The number of fused-ring (bicyclic) bond motifs is 1. The van der Waals surface area contributed by atoms with E-state index in [9.17, 15) is 18.7 Å². The van der Waals surface area contributed by atoms with Crippen molar-refractivity contribution in [3.63, 3.8) is 0 Å². The molecule has 2 aliphatic heterocycles. The Bertz CT molecular complexity index is 1070. The molecule has 0 aliphatic carbocycles. The summed E-state index contributed by atoms with van der Waals surface area (Å²) in [6, 6.07) is 2.95. The molecule has 1 aromatic carbocycles. The molecule has 1 aromatic heterocycles. The Labute approximate surface area is 198 Å². The van der Waals surface area contributed by atoms with E-state index in [1.54, 1.807) is 20.8 Å². The van der Waals surface area contributed by atoms with Gasteiger partial charge in [0.2, 0.25) is 0 Å². The number of carboxylic acid groups (broad SMARTS) is 1. The Kier molecular flexibility index (Phi) is 6.56. The molecule has 2 aliphatic rings. The van der Waals surface area contributed by atoms with Crippen LogP contribution < -0.4 is 4.74 Å². The highest BCUT2D eigenvalue weighted by atomic mass is 19.1. The smallest absolute Gasteiger partial charge is 0.408 e. The van der Waals surface area contributed by atoms with E-state index in [0.717, 1.165) is 29.6 Å². The fourth-order valence-corrected chi connectivity index (χ4v) is 5.09. The zero-order valence-electron chi connectivity index (χ0n) is 20.2. The molecule has 186 valence electrons. The molecule has 0 spiro atoms. The molecule has 0 bridgehead atoms. The molecular formula is C24H32F2N4O4. The molecule has 34 heavy (non-hydrogen) atoms. The van der Waals surface area contributed by atoms with Gasteiger partial charge in [-0.05, 0) is 52.3 Å². The Morgan fingerprint density at radius 3 is 2.68 bits per heavy atom. The van der Waals surface area contributed by atoms with Crippen molar-refractivity contribution >= 4 is 6.09 Å². The van der Waals surface area contributed by atoms with E-state index in [0.29, 0.717) is 32.1 Å². The zero-order chi connectivity index (χ0) is 24.8. The standard InChI is InChI=1S/C24H32F2N4O4/c1-6-33-22-27-18-11-29(12-20(18)28(22)5)15-10-19(30(23(31)32)24(2,3)4)21(34-13-15)16-9-14(25)7-8-17(16)26/h7-9,15,19,21H,6,10-13H2,1-5H3,(H,31,32)/t15-,19+,21-/m1/s1. The van der Waals surface area contributed by atoms with Gasteiger partial charge >= 0.3 is 6.09 Å². The summed E-state index contributed by atoms with van der Waals surface area (Å²) in [4.78, 5) is 20.4. The molecule has 1 saturated heterocycles. The summed E-state index contributed by atoms with van der Waals surface area (Å²) >= 11 is 0. The van der Waals surface area contributed by atoms with Gasteiger partial charge in [0, 0.05) is 37.3 Å². The average Bonchev–Trinajstić information content (AvgIpc) is 3.28. The Hall–Kier alpha value is -2.72. The quantitative estimate of drug-likeness (QED) is 0.697. The zero-order valence-corrected chi connectivity index (χ0v) is 20.2. The molecule has 0 radical (unpaired) electrons. The lowest BCUT2D eigenvalue weighted by Crippen LogP contribution is -2.58. The summed E-state index contributed by atoms with van der Waals surface area (Å²) in [5.74, 6) is -1.21. The van der Waals surface area contributed by atoms with Crippen LogP contribution in [0.4, 0.5) is 13.6 Å². The van der Waals surface area contributed by atoms with Crippen molar-refractivity contribution in [2.45, 2.75) is 70.9 Å². The normalized spacial score (nSPS) is 23.1. The third-order valence-electron chi connectivity index (χ3n) is 6.61. The molecule has 1 fully saturated rings. The first-order chi connectivity index (χ1) is 16.0. The fraction of sp³-hybridized carbons (Fsp3) is 0.583. The molecular weight excluding hydrogens is 446 g/mol. The summed E-state index contributed by atoms with van der Waals surface area (Å²) in [5, 5.41) is 10.1. The monoisotopic (exact) mass is 478 g/mol. The lowest BCUT2D eigenvalue weighted by atomic mass is 9.88. The van der Waals surface area contributed by atoms with Crippen molar-refractivity contribution in [2.24, 2.45) is 7.05 Å². The van der Waals surface area contributed by atoms with Gasteiger partial charge in [0.05, 0.1) is 30.6 Å². The SMILES string of the molecule is CCOc1nc2c(n1C)CN([C@H]1CO[C@H](c3cc(F)ccc3F)[C@@H](N(C(=O)O)C(C)(C)C)C1)C2. The van der Waals surface area contributed by atoms with E-state index in [1.807, 2.05) is 18.5 Å². The molecule has 3 heterocycles. The van der Waals surface area contributed by atoms with Gasteiger partial charge in [0.25, 0.3) is 6.01 Å². The van der Waals surface area contributed by atoms with Crippen molar-refractivity contribution in [2.75, 3.05) is 13.2 Å². The van der Waals surface area contributed by atoms with Crippen LogP contribution in [0, 0.1) is 11.6 Å². The first-order valence-electron chi connectivity index (χ1n) is 11.5. The molecule has 1 N–H and O–H groups in total. The number of carbonyl (C=O) groups is 1. The average molecular weight is 479 g/mol. The van der Waals surface area contributed by atoms with Gasteiger partial charge in [-0.15, -0.1) is 0 Å². The lowest BCUT2D eigenvalue weighted by molar-refractivity contribution is -0.103. The van der Waals surface area contributed by atoms with Crippen LogP contribution in [-0.2, 0) is 24.9 Å². The van der Waals surface area contributed by atoms with Gasteiger partial charge in [-0.2, -0.15) is 4.98 Å². The number of hydrogen-bond donors (Lipinski definition) is 1. The highest BCUT2D eigenvalue weighted by molar-refractivity contribution is 5.66. The highest BCUT2D eigenvalue weighted by Gasteiger charge is 2.46. The second kappa shape index (κ2) is 9.14. The number of ether oxygens (including phenoxy) is 2. The van der Waals surface area contributed by atoms with E-state index in [1.165, 1.54) is 4.90 Å². The number of rotatable bonds is 5. The van der Waals surface area contributed by atoms with E-state index < -0.39 is 35.4 Å². The van der Waals surface area contributed by atoms with Gasteiger partial charge in [-0.1, -0.05) is 0 Å². The van der Waals surface area contributed by atoms with E-state index in [4.69, 9.17) is 9.47 Å². The van der Waals surface area contributed by atoms with Crippen molar-refractivity contribution in [3.8, 4) is 6.01 Å². The summed E-state index contributed by atoms with van der Waals surface area (Å²) in [5.41, 5.74) is 1.23. The lowest BCUT2D eigenvalue weighted by Gasteiger charge is -2.48. The highest BCUT2D eigenvalue weighted by Crippen LogP contribution is 2.40. The maximum atomic E-state index is 14.7. The van der Waals surface area contributed by atoms with Crippen molar-refractivity contribution in [1.82, 2.24) is 19.4 Å². The molecule has 2 aromatic rings. The molecule has 4 rings (SSSR count). The molecule has 10 heteroatoms. The predicted molar refractivity (Wildman–Crippen MR) is 120 cm³/mol. The van der Waals surface area contributed by atoms with Crippen LogP contribution in [-0.4, -0.2) is 61.4 Å². The summed E-state index contributed by atoms with van der Waals surface area (Å²) in [7, 11) is 1.91. The minimum absolute atomic E-state index is 0.0340. The number of hydrogen-bond acceptors (Lipinski definition) is 5. The third kappa shape index (κ3) is 4.48. The topological polar surface area (TPSA) is 80.1 Å². The van der Waals surface area contributed by atoms with Crippen molar-refractivity contribution in [3.05, 3.63) is 46.8 Å². The number of benzene rings is 1. The van der Waals surface area contributed by atoms with E-state index in [-0.39, 0.29) is 18.2 Å². The summed E-state index contributed by atoms with van der Waals surface area (Å²) in [6.07, 6.45) is -1.64. The molecule has 8 nitrogen and oxygen atoms in total. The number of nitrogens with zero attached hydrogens (tertiary/aromatic N) is 4. The first kappa shape index (κ1) is 24.4. The largest absolute Gasteiger partial charge is 0.465 e. The van der Waals surface area contributed by atoms with Crippen molar-refractivity contribution < 1.29 is 28.2 Å². The van der Waals surface area contributed by atoms with E-state index in [2.05, 4.69) is 9.88 Å². The Morgan fingerprint density at radius 1 is 1.32 bits per heavy atom. The first-order valence-corrected chi connectivity index (χ1v) is 11.5. The van der Waals surface area contributed by atoms with Gasteiger partial charge < -0.3 is 14.6 Å². The third-order valence-corrected chi connectivity index (χ3v) is 6.61. The number of halogens is 2. The van der Waals surface area contributed by atoms with Crippen LogP contribution in [0.5, 0.6) is 6.01 Å². The number of amides is 1. The number of aromatic nitrogens is 2. The van der Waals surface area contributed by atoms with Crippen LogP contribution in [0.1, 0.15) is 57.2 Å². The number of imidazole rings is 1. The van der Waals surface area contributed by atoms with Crippen LogP contribution in [0.15, 0.2) is 18.2 Å². The van der Waals surface area contributed by atoms with E-state index >= 15 is 0 Å². The second-order valence-corrected chi connectivity index (χ2v) is 9.88. The van der Waals surface area contributed by atoms with Crippen LogP contribution in [0.2, 0.25) is 0 Å². The van der Waals surface area contributed by atoms with Gasteiger partial charge in [-0.3, -0.25) is 14.4 Å². The van der Waals surface area contributed by atoms with Crippen LogP contribution >= 0.6 is 0 Å². The van der Waals surface area contributed by atoms with Crippen molar-refractivity contribution in [1.29, 1.82) is 0 Å². The summed E-state index contributed by atoms with van der Waals surface area (Å²) in [6.45, 7) is 9.26.